The summed E-state index contributed by atoms with van der Waals surface area (Å²) in [4.78, 5) is 11.4. The van der Waals surface area contributed by atoms with Gasteiger partial charge >= 0.3 is 6.18 Å². The normalized spacial score (nSPS) is 28.6. The molecule has 2 atom stereocenters. The Morgan fingerprint density at radius 1 is 1.56 bits per heavy atom. The second-order valence-electron chi connectivity index (χ2n) is 4.58. The van der Waals surface area contributed by atoms with Gasteiger partial charge in [-0.25, -0.2) is 0 Å². The van der Waals surface area contributed by atoms with Crippen molar-refractivity contribution in [1.82, 2.24) is 5.32 Å². The lowest BCUT2D eigenvalue weighted by Crippen LogP contribution is -2.53. The van der Waals surface area contributed by atoms with E-state index in [4.69, 9.17) is 10.5 Å². The van der Waals surface area contributed by atoms with E-state index >= 15 is 0 Å². The predicted octanol–water partition coefficient (Wildman–Crippen LogP) is 1.34. The summed E-state index contributed by atoms with van der Waals surface area (Å²) >= 11 is 0. The van der Waals surface area contributed by atoms with Crippen LogP contribution in [-0.2, 0) is 9.53 Å². The molecule has 0 aromatic heterocycles. The second kappa shape index (κ2) is 5.88. The summed E-state index contributed by atoms with van der Waals surface area (Å²) in [6.45, 7) is 2.07. The Morgan fingerprint density at radius 2 is 2.22 bits per heavy atom. The van der Waals surface area contributed by atoms with Crippen LogP contribution >= 0.6 is 0 Å². The number of carbonyl (C=O) groups excluding carboxylic acids is 1. The molecule has 1 saturated carbocycles. The number of ether oxygens (including phenoxy) is 1. The first kappa shape index (κ1) is 15.2. The van der Waals surface area contributed by atoms with Crippen LogP contribution in [0.3, 0.4) is 0 Å². The van der Waals surface area contributed by atoms with Gasteiger partial charge in [-0.2, -0.15) is 13.2 Å². The van der Waals surface area contributed by atoms with E-state index in [2.05, 4.69) is 5.32 Å². The molecule has 18 heavy (non-hydrogen) atoms. The number of hydrogen-bond acceptors (Lipinski definition) is 3. The van der Waals surface area contributed by atoms with Crippen molar-refractivity contribution < 1.29 is 22.7 Å². The highest BCUT2D eigenvalue weighted by atomic mass is 19.4. The van der Waals surface area contributed by atoms with E-state index in [0.29, 0.717) is 25.8 Å². The first-order valence-corrected chi connectivity index (χ1v) is 6.02. The number of nitrogens with one attached hydrogen (secondary N) is 1. The molecule has 0 bridgehead atoms. The molecule has 1 aliphatic carbocycles. The third-order valence-corrected chi connectivity index (χ3v) is 3.20. The molecule has 0 aliphatic heterocycles. The highest BCUT2D eigenvalue weighted by Gasteiger charge is 2.44. The average molecular weight is 268 g/mol. The van der Waals surface area contributed by atoms with E-state index in [1.807, 2.05) is 6.92 Å². The molecule has 0 aromatic carbocycles. The summed E-state index contributed by atoms with van der Waals surface area (Å²) in [5.74, 6) is -0.466. The van der Waals surface area contributed by atoms with Gasteiger partial charge in [0.2, 0.25) is 5.91 Å². The van der Waals surface area contributed by atoms with Gasteiger partial charge in [-0.3, -0.25) is 4.79 Å². The highest BCUT2D eigenvalue weighted by molar-refractivity contribution is 5.85. The number of likely N-dealkylation sites (N-methyl/N-ethyl adjacent to an activating group) is 1. The molecule has 2 unspecified atom stereocenters. The average Bonchev–Trinajstić information content (AvgIpc) is 2.61. The smallest absolute Gasteiger partial charge is 0.378 e. The summed E-state index contributed by atoms with van der Waals surface area (Å²) in [5.41, 5.74) is 4.52. The maximum atomic E-state index is 12.0. The van der Waals surface area contributed by atoms with Gasteiger partial charge in [-0.15, -0.1) is 0 Å². The fourth-order valence-corrected chi connectivity index (χ4v) is 2.29. The molecule has 1 fully saturated rings. The molecule has 106 valence electrons. The van der Waals surface area contributed by atoms with Gasteiger partial charge in [0, 0.05) is 6.42 Å². The van der Waals surface area contributed by atoms with Crippen molar-refractivity contribution in [3.8, 4) is 0 Å². The lowest BCUT2D eigenvalue weighted by Gasteiger charge is -2.26. The fraction of sp³-hybridized carbons (Fsp3) is 0.909. The number of alkyl halides is 3. The van der Waals surface area contributed by atoms with Crippen LogP contribution in [0.5, 0.6) is 0 Å². The van der Waals surface area contributed by atoms with Gasteiger partial charge < -0.3 is 15.8 Å². The Bertz CT molecular complexity index is 297. The van der Waals surface area contributed by atoms with Crippen molar-refractivity contribution >= 4 is 5.91 Å². The summed E-state index contributed by atoms with van der Waals surface area (Å²) in [6.07, 6.45) is -4.11. The fourth-order valence-electron chi connectivity index (χ4n) is 2.29. The quantitative estimate of drug-likeness (QED) is 0.764. The summed E-state index contributed by atoms with van der Waals surface area (Å²) in [7, 11) is 0. The Labute approximate surface area is 104 Å². The number of amides is 1. The summed E-state index contributed by atoms with van der Waals surface area (Å²) < 4.78 is 41.1. The first-order chi connectivity index (χ1) is 8.29. The number of rotatable bonds is 6. The van der Waals surface area contributed by atoms with E-state index in [1.165, 1.54) is 0 Å². The standard InChI is InChI=1S/C11H19F3N2O2/c1-2-16-10(9(15)17)4-3-8(7-10)18-6-5-11(12,13)14/h8,16H,2-7H2,1H3,(H2,15,17). The van der Waals surface area contributed by atoms with Gasteiger partial charge in [0.05, 0.1) is 19.1 Å². The van der Waals surface area contributed by atoms with Crippen LogP contribution in [0.1, 0.15) is 32.6 Å². The van der Waals surface area contributed by atoms with Crippen molar-refractivity contribution in [1.29, 1.82) is 0 Å². The molecule has 1 amide bonds. The molecule has 0 spiro atoms. The van der Waals surface area contributed by atoms with Crippen LogP contribution < -0.4 is 11.1 Å². The number of carbonyl (C=O) groups is 1. The molecule has 4 nitrogen and oxygen atoms in total. The molecule has 3 N–H and O–H groups in total. The van der Waals surface area contributed by atoms with Crippen LogP contribution in [0, 0.1) is 0 Å². The SMILES string of the molecule is CCNC1(C(N)=O)CCC(OCCC(F)(F)F)C1. The Morgan fingerprint density at radius 3 is 2.72 bits per heavy atom. The molecular formula is C11H19F3N2O2. The van der Waals surface area contributed by atoms with Crippen LogP contribution in [0.25, 0.3) is 0 Å². The number of hydrogen-bond donors (Lipinski definition) is 2. The molecular weight excluding hydrogens is 249 g/mol. The monoisotopic (exact) mass is 268 g/mol. The molecule has 1 rings (SSSR count). The van der Waals surface area contributed by atoms with Crippen LogP contribution in [-0.4, -0.2) is 36.9 Å². The Balaban J connectivity index is 2.42. The van der Waals surface area contributed by atoms with Crippen LogP contribution in [0.4, 0.5) is 13.2 Å². The minimum Gasteiger partial charge on any atom is -0.378 e. The first-order valence-electron chi connectivity index (χ1n) is 6.02. The number of primary amides is 1. The Kier molecular flexibility index (Phi) is 4.98. The number of nitrogens with two attached hydrogens (primary N) is 1. The molecule has 0 radical (unpaired) electrons. The third kappa shape index (κ3) is 4.13. The maximum absolute atomic E-state index is 12.0. The van der Waals surface area contributed by atoms with Crippen LogP contribution in [0.15, 0.2) is 0 Å². The minimum atomic E-state index is -4.21. The predicted molar refractivity (Wildman–Crippen MR) is 59.9 cm³/mol. The van der Waals surface area contributed by atoms with Gasteiger partial charge in [-0.1, -0.05) is 6.92 Å². The molecule has 7 heteroatoms. The maximum Gasteiger partial charge on any atom is 0.391 e. The topological polar surface area (TPSA) is 64.3 Å². The van der Waals surface area contributed by atoms with Crippen LogP contribution in [0.2, 0.25) is 0 Å². The van der Waals surface area contributed by atoms with Crippen molar-refractivity contribution in [3.63, 3.8) is 0 Å². The van der Waals surface area contributed by atoms with Crippen molar-refractivity contribution in [2.24, 2.45) is 5.73 Å². The van der Waals surface area contributed by atoms with E-state index < -0.39 is 24.0 Å². The van der Waals surface area contributed by atoms with E-state index in [1.54, 1.807) is 0 Å². The van der Waals surface area contributed by atoms with E-state index in [-0.39, 0.29) is 12.7 Å². The summed E-state index contributed by atoms with van der Waals surface area (Å²) in [6, 6.07) is 0. The third-order valence-electron chi connectivity index (χ3n) is 3.20. The highest BCUT2D eigenvalue weighted by Crippen LogP contribution is 2.32. The molecule has 1 aliphatic rings. The lowest BCUT2D eigenvalue weighted by molar-refractivity contribution is -0.149. The van der Waals surface area contributed by atoms with Crippen molar-refractivity contribution in [2.45, 2.75) is 50.4 Å². The van der Waals surface area contributed by atoms with Gasteiger partial charge in [0.1, 0.15) is 5.54 Å². The van der Waals surface area contributed by atoms with Gasteiger partial charge in [0.25, 0.3) is 0 Å². The Hall–Kier alpha value is -0.820. The largest absolute Gasteiger partial charge is 0.391 e. The zero-order valence-electron chi connectivity index (χ0n) is 10.3. The van der Waals surface area contributed by atoms with Crippen molar-refractivity contribution in [2.75, 3.05) is 13.2 Å². The lowest BCUT2D eigenvalue weighted by atomic mass is 9.96. The second-order valence-corrected chi connectivity index (χ2v) is 4.58. The van der Waals surface area contributed by atoms with E-state index in [0.717, 1.165) is 0 Å². The zero-order chi connectivity index (χ0) is 13.8. The van der Waals surface area contributed by atoms with E-state index in [9.17, 15) is 18.0 Å². The van der Waals surface area contributed by atoms with Crippen molar-refractivity contribution in [3.05, 3.63) is 0 Å². The molecule has 0 saturated heterocycles. The molecule has 0 heterocycles. The minimum absolute atomic E-state index is 0.334. The summed E-state index contributed by atoms with van der Waals surface area (Å²) in [5, 5.41) is 3.02. The molecule has 0 aromatic rings. The van der Waals surface area contributed by atoms with Gasteiger partial charge in [0.15, 0.2) is 0 Å². The van der Waals surface area contributed by atoms with Gasteiger partial charge in [-0.05, 0) is 19.4 Å². The number of halogens is 3. The zero-order valence-corrected chi connectivity index (χ0v) is 10.3.